The SMILES string of the molecule is COC(=O)CN(C)CCNC(=O)c1cnccc1Nc1cc(-c2cc(Cl)ccc2F)nc2c1OCCN2. The van der Waals surface area contributed by atoms with Crippen molar-refractivity contribution in [2.24, 2.45) is 0 Å². The van der Waals surface area contributed by atoms with Gasteiger partial charge in [0.25, 0.3) is 5.91 Å². The van der Waals surface area contributed by atoms with E-state index in [9.17, 15) is 14.0 Å². The topological polar surface area (TPSA) is 118 Å². The second kappa shape index (κ2) is 11.8. The summed E-state index contributed by atoms with van der Waals surface area (Å²) in [7, 11) is 3.07. The minimum absolute atomic E-state index is 0.114. The fraction of sp³-hybridized carbons (Fsp3) is 0.280. The molecule has 37 heavy (non-hydrogen) atoms. The Bertz CT molecular complexity index is 1310. The lowest BCUT2D eigenvalue weighted by Crippen LogP contribution is -2.35. The van der Waals surface area contributed by atoms with Crippen molar-refractivity contribution in [3.8, 4) is 17.0 Å². The van der Waals surface area contributed by atoms with Crippen molar-refractivity contribution in [2.75, 3.05) is 57.6 Å². The molecule has 12 heteroatoms. The minimum atomic E-state index is -0.472. The predicted octanol–water partition coefficient (Wildman–Crippen LogP) is 3.32. The highest BCUT2D eigenvalue weighted by atomic mass is 35.5. The Kier molecular flexibility index (Phi) is 8.36. The van der Waals surface area contributed by atoms with Gasteiger partial charge in [0.1, 0.15) is 12.4 Å². The molecule has 0 unspecified atom stereocenters. The molecule has 1 amide bonds. The van der Waals surface area contributed by atoms with Crippen molar-refractivity contribution in [3.05, 3.63) is 59.1 Å². The zero-order chi connectivity index (χ0) is 26.4. The summed E-state index contributed by atoms with van der Waals surface area (Å²) in [5, 5.41) is 9.59. The highest BCUT2D eigenvalue weighted by Gasteiger charge is 2.22. The Hall–Kier alpha value is -3.96. The van der Waals surface area contributed by atoms with E-state index >= 15 is 0 Å². The van der Waals surface area contributed by atoms with Gasteiger partial charge >= 0.3 is 5.97 Å². The van der Waals surface area contributed by atoms with Gasteiger partial charge in [0, 0.05) is 36.1 Å². The van der Waals surface area contributed by atoms with Gasteiger partial charge in [-0.1, -0.05) is 11.6 Å². The van der Waals surface area contributed by atoms with Gasteiger partial charge in [0.05, 0.1) is 42.8 Å². The van der Waals surface area contributed by atoms with Gasteiger partial charge in [-0.05, 0) is 37.4 Å². The summed E-state index contributed by atoms with van der Waals surface area (Å²) in [6.45, 7) is 1.81. The number of anilines is 3. The molecule has 4 rings (SSSR count). The quantitative estimate of drug-likeness (QED) is 0.359. The number of benzene rings is 1. The van der Waals surface area contributed by atoms with Crippen LogP contribution in [0, 0.1) is 5.82 Å². The molecule has 0 saturated carbocycles. The number of hydrogen-bond donors (Lipinski definition) is 3. The Labute approximate surface area is 218 Å². The molecular formula is C25H26ClFN6O4. The van der Waals surface area contributed by atoms with Gasteiger partial charge in [0.2, 0.25) is 0 Å². The number of rotatable bonds is 9. The normalized spacial score (nSPS) is 12.2. The van der Waals surface area contributed by atoms with Gasteiger partial charge in [-0.3, -0.25) is 19.5 Å². The lowest BCUT2D eigenvalue weighted by molar-refractivity contribution is -0.141. The molecule has 0 saturated heterocycles. The van der Waals surface area contributed by atoms with Gasteiger partial charge in [0.15, 0.2) is 11.6 Å². The first-order chi connectivity index (χ1) is 17.9. The maximum absolute atomic E-state index is 14.6. The van der Waals surface area contributed by atoms with Crippen LogP contribution in [0.25, 0.3) is 11.3 Å². The Morgan fingerprint density at radius 1 is 1.27 bits per heavy atom. The summed E-state index contributed by atoms with van der Waals surface area (Å²) in [5.74, 6) is -0.294. The molecule has 0 radical (unpaired) electrons. The van der Waals surface area contributed by atoms with Gasteiger partial charge in [-0.25, -0.2) is 9.37 Å². The molecule has 0 bridgehead atoms. The fourth-order valence-electron chi connectivity index (χ4n) is 3.70. The minimum Gasteiger partial charge on any atom is -0.486 e. The zero-order valence-corrected chi connectivity index (χ0v) is 21.1. The van der Waals surface area contributed by atoms with Gasteiger partial charge in [-0.2, -0.15) is 0 Å². The summed E-state index contributed by atoms with van der Waals surface area (Å²) in [6.07, 6.45) is 2.99. The van der Waals surface area contributed by atoms with Crippen molar-refractivity contribution in [3.63, 3.8) is 0 Å². The summed E-state index contributed by atoms with van der Waals surface area (Å²) >= 11 is 6.10. The monoisotopic (exact) mass is 528 g/mol. The van der Waals surface area contributed by atoms with Crippen LogP contribution in [0.5, 0.6) is 5.75 Å². The lowest BCUT2D eigenvalue weighted by atomic mass is 10.1. The predicted molar refractivity (Wildman–Crippen MR) is 138 cm³/mol. The van der Waals surface area contributed by atoms with Crippen LogP contribution in [-0.4, -0.2) is 73.7 Å². The first kappa shape index (κ1) is 26.1. The third kappa shape index (κ3) is 6.43. The lowest BCUT2D eigenvalue weighted by Gasteiger charge is -2.23. The van der Waals surface area contributed by atoms with E-state index in [1.54, 1.807) is 30.3 Å². The second-order valence-electron chi connectivity index (χ2n) is 8.25. The molecule has 1 aromatic carbocycles. The van der Waals surface area contributed by atoms with Crippen molar-refractivity contribution in [1.82, 2.24) is 20.2 Å². The molecule has 0 spiro atoms. The van der Waals surface area contributed by atoms with E-state index in [0.717, 1.165) is 0 Å². The largest absolute Gasteiger partial charge is 0.486 e. The summed E-state index contributed by atoms with van der Waals surface area (Å²) in [6, 6.07) is 7.55. The summed E-state index contributed by atoms with van der Waals surface area (Å²) in [5.41, 5.74) is 1.82. The highest BCUT2D eigenvalue weighted by molar-refractivity contribution is 6.30. The van der Waals surface area contributed by atoms with Crippen molar-refractivity contribution >= 4 is 40.7 Å². The van der Waals surface area contributed by atoms with Crippen molar-refractivity contribution < 1.29 is 23.5 Å². The molecule has 194 valence electrons. The van der Waals surface area contributed by atoms with Crippen LogP contribution >= 0.6 is 11.6 Å². The number of nitrogens with zero attached hydrogens (tertiary/aromatic N) is 3. The molecule has 0 atom stereocenters. The van der Waals surface area contributed by atoms with E-state index in [-0.39, 0.29) is 24.0 Å². The summed E-state index contributed by atoms with van der Waals surface area (Å²) in [4.78, 5) is 34.7. The zero-order valence-electron chi connectivity index (χ0n) is 20.3. The van der Waals surface area contributed by atoms with E-state index < -0.39 is 5.82 Å². The van der Waals surface area contributed by atoms with Crippen LogP contribution in [0.15, 0.2) is 42.7 Å². The third-order valence-electron chi connectivity index (χ3n) is 5.56. The number of carbonyl (C=O) groups is 2. The Morgan fingerprint density at radius 2 is 2.11 bits per heavy atom. The van der Waals surface area contributed by atoms with Crippen LogP contribution in [0.2, 0.25) is 5.02 Å². The van der Waals surface area contributed by atoms with Crippen LogP contribution in [0.4, 0.5) is 21.6 Å². The molecule has 1 aliphatic heterocycles. The van der Waals surface area contributed by atoms with Gasteiger partial charge in [-0.15, -0.1) is 0 Å². The molecule has 10 nitrogen and oxygen atoms in total. The number of halogens is 2. The Balaban J connectivity index is 1.58. The highest BCUT2D eigenvalue weighted by Crippen LogP contribution is 2.40. The second-order valence-corrected chi connectivity index (χ2v) is 8.68. The fourth-order valence-corrected chi connectivity index (χ4v) is 3.87. The van der Waals surface area contributed by atoms with Crippen LogP contribution < -0.4 is 20.7 Å². The van der Waals surface area contributed by atoms with Crippen molar-refractivity contribution in [2.45, 2.75) is 0 Å². The smallest absolute Gasteiger partial charge is 0.319 e. The van der Waals surface area contributed by atoms with Crippen LogP contribution in [0.3, 0.4) is 0 Å². The maximum Gasteiger partial charge on any atom is 0.319 e. The molecule has 0 fully saturated rings. The summed E-state index contributed by atoms with van der Waals surface area (Å²) < 4.78 is 25.1. The standard InChI is InChI=1S/C25H26ClFN6O4/c1-33(14-22(34)36-2)9-7-30-25(35)17-13-28-6-5-19(17)31-21-12-20(16-11-15(26)3-4-18(16)27)32-24-23(21)37-10-8-29-24/h3-6,11-13H,7-10,14H2,1-2H3,(H,30,35)(H2,28,29,31,32). The maximum atomic E-state index is 14.6. The first-order valence-electron chi connectivity index (χ1n) is 11.5. The number of aromatic nitrogens is 2. The molecule has 2 aromatic heterocycles. The third-order valence-corrected chi connectivity index (χ3v) is 5.79. The van der Waals surface area contributed by atoms with E-state index in [1.807, 2.05) is 0 Å². The molecular weight excluding hydrogens is 503 g/mol. The number of nitrogens with one attached hydrogen (secondary N) is 3. The number of hydrogen-bond acceptors (Lipinski definition) is 9. The Morgan fingerprint density at radius 3 is 2.92 bits per heavy atom. The molecule has 3 N–H and O–H groups in total. The number of methoxy groups -OCH3 is 1. The number of fused-ring (bicyclic) bond motifs is 1. The van der Waals surface area contributed by atoms with E-state index in [1.165, 1.54) is 31.5 Å². The number of likely N-dealkylation sites (N-methyl/N-ethyl adjacent to an activating group) is 1. The number of esters is 1. The number of ether oxygens (including phenoxy) is 2. The van der Waals surface area contributed by atoms with Gasteiger partial charge < -0.3 is 25.4 Å². The average molecular weight is 529 g/mol. The van der Waals surface area contributed by atoms with Crippen LogP contribution in [-0.2, 0) is 9.53 Å². The average Bonchev–Trinajstić information content (AvgIpc) is 2.90. The van der Waals surface area contributed by atoms with Crippen molar-refractivity contribution in [1.29, 1.82) is 0 Å². The van der Waals surface area contributed by atoms with E-state index in [0.29, 0.717) is 65.5 Å². The van der Waals surface area contributed by atoms with E-state index in [2.05, 4.69) is 30.7 Å². The molecule has 3 aromatic rings. The number of pyridine rings is 2. The van der Waals surface area contributed by atoms with Crippen LogP contribution in [0.1, 0.15) is 10.4 Å². The molecule has 3 heterocycles. The molecule has 1 aliphatic rings. The molecule has 0 aliphatic carbocycles. The first-order valence-corrected chi connectivity index (χ1v) is 11.8. The number of carbonyl (C=O) groups excluding carboxylic acids is 2. The number of amides is 1. The van der Waals surface area contributed by atoms with E-state index in [4.69, 9.17) is 16.3 Å².